The average Bonchev–Trinajstić information content (AvgIpc) is 2.89. The molecule has 0 aliphatic rings. The van der Waals surface area contributed by atoms with Gasteiger partial charge in [0.05, 0.1) is 23.3 Å². The van der Waals surface area contributed by atoms with Gasteiger partial charge in [-0.15, -0.1) is 0 Å². The maximum atomic E-state index is 13.5. The molecule has 3 aromatic carbocycles. The van der Waals surface area contributed by atoms with E-state index in [9.17, 15) is 41.0 Å². The number of hydrogen-bond acceptors (Lipinski definition) is 5. The van der Waals surface area contributed by atoms with Gasteiger partial charge in [0.15, 0.2) is 12.5 Å². The first-order valence-electron chi connectivity index (χ1n) is 12.2. The number of anilines is 1. The van der Waals surface area contributed by atoms with E-state index < -0.39 is 53.3 Å². The number of para-hydroxylation sites is 1. The summed E-state index contributed by atoms with van der Waals surface area (Å²) in [5, 5.41) is 12.8. The summed E-state index contributed by atoms with van der Waals surface area (Å²) in [6, 6.07) is 16.4. The SMILES string of the molecule is CN(c1ccccc1/C(=N\C(C=O)NC(=O)Cc1ccc(C(F)(F)F)cc1C(F)(F)F)c1ccccc1)C(C)(C)O. The minimum absolute atomic E-state index is 0.0540. The van der Waals surface area contributed by atoms with E-state index in [0.29, 0.717) is 28.9 Å². The fraction of sp³-hybridized carbons (Fsp3) is 0.276. The molecule has 2 N–H and O–H groups in total. The largest absolute Gasteiger partial charge is 0.416 e. The summed E-state index contributed by atoms with van der Waals surface area (Å²) in [7, 11) is 1.64. The Bertz CT molecular complexity index is 1410. The van der Waals surface area contributed by atoms with Gasteiger partial charge >= 0.3 is 12.4 Å². The third-order valence-electron chi connectivity index (χ3n) is 6.19. The van der Waals surface area contributed by atoms with Crippen molar-refractivity contribution >= 4 is 23.6 Å². The molecule has 0 aliphatic heterocycles. The number of carbonyl (C=O) groups is 2. The molecule has 12 heteroatoms. The van der Waals surface area contributed by atoms with Gasteiger partial charge in [0.25, 0.3) is 0 Å². The minimum Gasteiger partial charge on any atom is -0.371 e. The summed E-state index contributed by atoms with van der Waals surface area (Å²) in [4.78, 5) is 30.7. The summed E-state index contributed by atoms with van der Waals surface area (Å²) < 4.78 is 79.6. The number of aliphatic hydroxyl groups is 1. The van der Waals surface area contributed by atoms with E-state index in [2.05, 4.69) is 10.3 Å². The monoisotopic (exact) mass is 579 g/mol. The number of nitrogens with zero attached hydrogens (tertiary/aromatic N) is 2. The molecular weight excluding hydrogens is 552 g/mol. The molecule has 6 nitrogen and oxygen atoms in total. The Balaban J connectivity index is 2.00. The number of hydrogen-bond donors (Lipinski definition) is 2. The molecule has 41 heavy (non-hydrogen) atoms. The molecule has 218 valence electrons. The normalized spacial score (nSPS) is 13.5. The van der Waals surface area contributed by atoms with Crippen LogP contribution >= 0.6 is 0 Å². The van der Waals surface area contributed by atoms with Crippen LogP contribution in [0.3, 0.4) is 0 Å². The van der Waals surface area contributed by atoms with Crippen molar-refractivity contribution in [2.24, 2.45) is 4.99 Å². The summed E-state index contributed by atoms with van der Waals surface area (Å²) in [6.07, 6.45) is -12.4. The average molecular weight is 580 g/mol. The molecule has 3 aromatic rings. The summed E-state index contributed by atoms with van der Waals surface area (Å²) in [5.74, 6) is -1.06. The fourth-order valence-corrected chi connectivity index (χ4v) is 3.95. The van der Waals surface area contributed by atoms with Gasteiger partial charge in [0.1, 0.15) is 5.72 Å². The van der Waals surface area contributed by atoms with Crippen molar-refractivity contribution in [2.45, 2.75) is 44.5 Å². The highest BCUT2D eigenvalue weighted by Crippen LogP contribution is 2.37. The standard InChI is InChI=1S/C29H27F6N3O3/c1-27(2,41)38(3)23-12-8-7-11-21(23)26(18-9-5-4-6-10-18)37-24(17-39)36-25(40)15-19-13-14-20(28(30,31)32)16-22(19)29(33,34)35/h4-14,16-17,24,41H,15H2,1-3H3,(H,36,40)/b37-26-. The van der Waals surface area contributed by atoms with Crippen molar-refractivity contribution in [3.8, 4) is 0 Å². The Morgan fingerprint density at radius 1 is 0.951 bits per heavy atom. The van der Waals surface area contributed by atoms with Crippen molar-refractivity contribution < 1.29 is 41.0 Å². The topological polar surface area (TPSA) is 82.0 Å². The van der Waals surface area contributed by atoms with Gasteiger partial charge in [-0.3, -0.25) is 14.6 Å². The molecule has 0 heterocycles. The lowest BCUT2D eigenvalue weighted by Crippen LogP contribution is -2.41. The molecule has 1 amide bonds. The number of alkyl halides is 6. The van der Waals surface area contributed by atoms with Gasteiger partial charge in [-0.2, -0.15) is 26.3 Å². The number of amides is 1. The van der Waals surface area contributed by atoms with Gasteiger partial charge in [-0.1, -0.05) is 54.6 Å². The zero-order valence-electron chi connectivity index (χ0n) is 22.2. The quantitative estimate of drug-likeness (QED) is 0.150. The second kappa shape index (κ2) is 12.1. The predicted octanol–water partition coefficient (Wildman–Crippen LogP) is 5.61. The Labute approximate surface area is 232 Å². The number of benzene rings is 3. The van der Waals surface area contributed by atoms with Crippen molar-refractivity contribution in [3.05, 3.63) is 101 Å². The van der Waals surface area contributed by atoms with E-state index in [1.165, 1.54) is 0 Å². The number of carbonyl (C=O) groups excluding carboxylic acids is 2. The Kier molecular flexibility index (Phi) is 9.27. The third-order valence-corrected chi connectivity index (χ3v) is 6.19. The Morgan fingerprint density at radius 2 is 1.56 bits per heavy atom. The van der Waals surface area contributed by atoms with Crippen LogP contribution < -0.4 is 10.2 Å². The van der Waals surface area contributed by atoms with Crippen LogP contribution in [0.5, 0.6) is 0 Å². The maximum Gasteiger partial charge on any atom is 0.416 e. The van der Waals surface area contributed by atoms with Gasteiger partial charge < -0.3 is 15.3 Å². The lowest BCUT2D eigenvalue weighted by molar-refractivity contribution is -0.143. The van der Waals surface area contributed by atoms with E-state index in [1.807, 2.05) is 0 Å². The van der Waals surface area contributed by atoms with Crippen LogP contribution in [-0.4, -0.2) is 41.9 Å². The minimum atomic E-state index is -5.16. The van der Waals surface area contributed by atoms with Crippen LogP contribution in [0.1, 0.15) is 41.7 Å². The molecule has 1 atom stereocenters. The van der Waals surface area contributed by atoms with Crippen molar-refractivity contribution in [1.29, 1.82) is 0 Å². The van der Waals surface area contributed by atoms with Crippen molar-refractivity contribution in [1.82, 2.24) is 5.32 Å². The van der Waals surface area contributed by atoms with E-state index in [1.54, 1.807) is 80.4 Å². The Morgan fingerprint density at radius 3 is 2.12 bits per heavy atom. The fourth-order valence-electron chi connectivity index (χ4n) is 3.95. The van der Waals surface area contributed by atoms with Crippen molar-refractivity contribution in [2.75, 3.05) is 11.9 Å². The first-order valence-corrected chi connectivity index (χ1v) is 12.2. The van der Waals surface area contributed by atoms with Crippen LogP contribution in [0.4, 0.5) is 32.0 Å². The lowest BCUT2D eigenvalue weighted by Gasteiger charge is -2.34. The highest BCUT2D eigenvalue weighted by molar-refractivity contribution is 6.16. The molecule has 0 bridgehead atoms. The predicted molar refractivity (Wildman–Crippen MR) is 141 cm³/mol. The zero-order valence-corrected chi connectivity index (χ0v) is 22.2. The Hall–Kier alpha value is -4.19. The highest BCUT2D eigenvalue weighted by Gasteiger charge is 2.38. The summed E-state index contributed by atoms with van der Waals surface area (Å²) in [5.41, 5.74) is -3.34. The zero-order chi connectivity index (χ0) is 30.6. The van der Waals surface area contributed by atoms with Crippen LogP contribution in [0.15, 0.2) is 77.8 Å². The molecule has 0 radical (unpaired) electrons. The molecule has 0 saturated carbocycles. The summed E-state index contributed by atoms with van der Waals surface area (Å²) in [6.45, 7) is 3.13. The number of aliphatic imine (C=N–C) groups is 1. The van der Waals surface area contributed by atoms with Crippen LogP contribution in [0, 0.1) is 0 Å². The molecule has 0 aliphatic carbocycles. The third kappa shape index (κ3) is 7.94. The van der Waals surface area contributed by atoms with Gasteiger partial charge in [0.2, 0.25) is 5.91 Å². The first kappa shape index (κ1) is 31.3. The molecule has 0 spiro atoms. The van der Waals surface area contributed by atoms with E-state index in [4.69, 9.17) is 0 Å². The number of halogens is 6. The second-order valence-corrected chi connectivity index (χ2v) is 9.61. The summed E-state index contributed by atoms with van der Waals surface area (Å²) >= 11 is 0. The smallest absolute Gasteiger partial charge is 0.371 e. The van der Waals surface area contributed by atoms with Gasteiger partial charge in [-0.25, -0.2) is 0 Å². The maximum absolute atomic E-state index is 13.5. The molecule has 0 aromatic heterocycles. The molecular formula is C29H27F6N3O3. The van der Waals surface area contributed by atoms with E-state index in [-0.39, 0.29) is 18.1 Å². The molecule has 0 fully saturated rings. The van der Waals surface area contributed by atoms with Crippen LogP contribution in [-0.2, 0) is 28.4 Å². The molecule has 0 saturated heterocycles. The molecule has 1 unspecified atom stereocenters. The van der Waals surface area contributed by atoms with Crippen LogP contribution in [0.2, 0.25) is 0 Å². The first-order chi connectivity index (χ1) is 19.0. The highest BCUT2D eigenvalue weighted by atomic mass is 19.4. The van der Waals surface area contributed by atoms with Gasteiger partial charge in [-0.05, 0) is 37.6 Å². The lowest BCUT2D eigenvalue weighted by atomic mass is 9.99. The van der Waals surface area contributed by atoms with Gasteiger partial charge in [0, 0.05) is 23.9 Å². The second-order valence-electron chi connectivity index (χ2n) is 9.61. The van der Waals surface area contributed by atoms with E-state index in [0.717, 1.165) is 0 Å². The number of aldehydes is 1. The molecule has 3 rings (SSSR count). The van der Waals surface area contributed by atoms with Crippen LogP contribution in [0.25, 0.3) is 0 Å². The number of rotatable bonds is 9. The number of nitrogens with one attached hydrogen (secondary N) is 1. The van der Waals surface area contributed by atoms with E-state index >= 15 is 0 Å². The van der Waals surface area contributed by atoms with Crippen molar-refractivity contribution in [3.63, 3.8) is 0 Å².